The van der Waals surface area contributed by atoms with Gasteiger partial charge in [0.15, 0.2) is 0 Å². The Morgan fingerprint density at radius 3 is 2.72 bits per heavy atom. The maximum absolute atomic E-state index is 9.15. The molecule has 0 aliphatic carbocycles. The molecule has 1 atom stereocenters. The quantitative estimate of drug-likeness (QED) is 0.913. The number of rotatable bonds is 2. The molecule has 3 fully saturated rings. The van der Waals surface area contributed by atoms with Gasteiger partial charge >= 0.3 is 0 Å². The summed E-state index contributed by atoms with van der Waals surface area (Å²) in [5.74, 6) is 0.764. The molecule has 0 saturated carbocycles. The summed E-state index contributed by atoms with van der Waals surface area (Å²) in [7, 11) is 0. The number of hydrogen-bond acceptors (Lipinski definition) is 3. The van der Waals surface area contributed by atoms with E-state index in [1.54, 1.807) is 0 Å². The number of nitrogens with zero attached hydrogens (tertiary/aromatic N) is 2. The van der Waals surface area contributed by atoms with Crippen molar-refractivity contribution in [2.24, 2.45) is 5.92 Å². The van der Waals surface area contributed by atoms with Crippen molar-refractivity contribution in [1.29, 1.82) is 5.26 Å². The van der Waals surface area contributed by atoms with Crippen LogP contribution in [0.25, 0.3) is 0 Å². The van der Waals surface area contributed by atoms with Gasteiger partial charge in [-0.25, -0.2) is 0 Å². The number of nitrogens with one attached hydrogen (secondary N) is 1. The van der Waals surface area contributed by atoms with Gasteiger partial charge in [-0.3, -0.25) is 0 Å². The van der Waals surface area contributed by atoms with Gasteiger partial charge in [0.25, 0.3) is 0 Å². The molecule has 1 aromatic rings. The third-order valence-electron chi connectivity index (χ3n) is 4.10. The second kappa shape index (κ2) is 4.91. The molecule has 1 aromatic carbocycles. The Hall–Kier alpha value is -1.05. The van der Waals surface area contributed by atoms with E-state index in [0.717, 1.165) is 28.2 Å². The van der Waals surface area contributed by atoms with E-state index in [-0.39, 0.29) is 0 Å². The molecule has 3 heterocycles. The summed E-state index contributed by atoms with van der Waals surface area (Å²) in [5.41, 5.74) is 1.69. The molecule has 18 heavy (non-hydrogen) atoms. The molecule has 3 nitrogen and oxygen atoms in total. The topological polar surface area (TPSA) is 39.1 Å². The van der Waals surface area contributed by atoms with Crippen molar-refractivity contribution in [2.75, 3.05) is 25.0 Å². The van der Waals surface area contributed by atoms with Crippen molar-refractivity contribution < 1.29 is 0 Å². The van der Waals surface area contributed by atoms with Gasteiger partial charge < -0.3 is 10.2 Å². The van der Waals surface area contributed by atoms with E-state index in [0.29, 0.717) is 6.04 Å². The normalized spacial score (nSPS) is 29.9. The Kier molecular flexibility index (Phi) is 3.27. The van der Waals surface area contributed by atoms with Crippen LogP contribution in [0, 0.1) is 17.2 Å². The van der Waals surface area contributed by atoms with Gasteiger partial charge in [-0.15, -0.1) is 0 Å². The highest BCUT2D eigenvalue weighted by Gasteiger charge is 2.34. The zero-order chi connectivity index (χ0) is 12.5. The van der Waals surface area contributed by atoms with Crippen LogP contribution < -0.4 is 5.32 Å². The lowest BCUT2D eigenvalue weighted by Crippen LogP contribution is -2.53. The average molecular weight is 306 g/mol. The minimum absolute atomic E-state index is 0.494. The van der Waals surface area contributed by atoms with E-state index < -0.39 is 0 Å². The van der Waals surface area contributed by atoms with Gasteiger partial charge in [-0.05, 0) is 50.0 Å². The highest BCUT2D eigenvalue weighted by atomic mass is 79.9. The highest BCUT2D eigenvalue weighted by Crippen LogP contribution is 2.31. The monoisotopic (exact) mass is 305 g/mol. The smallest absolute Gasteiger partial charge is 0.101 e. The number of benzene rings is 1. The van der Waals surface area contributed by atoms with E-state index in [9.17, 15) is 0 Å². The average Bonchev–Trinajstić information content (AvgIpc) is 2.40. The van der Waals surface area contributed by atoms with Gasteiger partial charge in [-0.1, -0.05) is 15.9 Å². The lowest BCUT2D eigenvalue weighted by atomic mass is 9.84. The summed E-state index contributed by atoms with van der Waals surface area (Å²) in [6.45, 7) is 3.60. The third-order valence-corrected chi connectivity index (χ3v) is 4.59. The van der Waals surface area contributed by atoms with Crippen LogP contribution in [0.3, 0.4) is 0 Å². The number of hydrogen-bond donors (Lipinski definition) is 1. The van der Waals surface area contributed by atoms with Gasteiger partial charge in [0.05, 0.1) is 11.3 Å². The Morgan fingerprint density at radius 2 is 2.11 bits per heavy atom. The Labute approximate surface area is 116 Å². The molecule has 4 heteroatoms. The van der Waals surface area contributed by atoms with Crippen molar-refractivity contribution in [2.45, 2.75) is 18.9 Å². The molecule has 3 aliphatic rings. The van der Waals surface area contributed by atoms with Crippen LogP contribution in [0.1, 0.15) is 18.4 Å². The van der Waals surface area contributed by atoms with Crippen molar-refractivity contribution in [3.63, 3.8) is 0 Å². The summed E-state index contributed by atoms with van der Waals surface area (Å²) in [5, 5.41) is 12.7. The molecule has 1 N–H and O–H groups in total. The number of fused-ring (bicyclic) bond motifs is 3. The number of piperidine rings is 3. The van der Waals surface area contributed by atoms with E-state index in [4.69, 9.17) is 5.26 Å². The number of nitriles is 1. The summed E-state index contributed by atoms with van der Waals surface area (Å²) in [4.78, 5) is 2.52. The van der Waals surface area contributed by atoms with E-state index in [1.165, 1.54) is 25.9 Å². The van der Waals surface area contributed by atoms with Crippen molar-refractivity contribution in [3.8, 4) is 6.07 Å². The van der Waals surface area contributed by atoms with Crippen LogP contribution >= 0.6 is 15.9 Å². The summed E-state index contributed by atoms with van der Waals surface area (Å²) in [6, 6.07) is 8.55. The summed E-state index contributed by atoms with van der Waals surface area (Å²) < 4.78 is 1.02. The van der Waals surface area contributed by atoms with Gasteiger partial charge in [0.2, 0.25) is 0 Å². The van der Waals surface area contributed by atoms with Crippen LogP contribution in [0.15, 0.2) is 22.7 Å². The minimum Gasteiger partial charge on any atom is -0.380 e. The second-order valence-corrected chi connectivity index (χ2v) is 6.11. The highest BCUT2D eigenvalue weighted by molar-refractivity contribution is 9.10. The predicted molar refractivity (Wildman–Crippen MR) is 75.4 cm³/mol. The number of halogens is 1. The van der Waals surface area contributed by atoms with Gasteiger partial charge in [-0.2, -0.15) is 5.26 Å². The zero-order valence-electron chi connectivity index (χ0n) is 10.2. The van der Waals surface area contributed by atoms with Crippen molar-refractivity contribution >= 4 is 21.6 Å². The minimum atomic E-state index is 0.494. The molecular formula is C14H16BrN3. The van der Waals surface area contributed by atoms with Gasteiger partial charge in [0.1, 0.15) is 6.07 Å². The van der Waals surface area contributed by atoms with Crippen LogP contribution in [0.4, 0.5) is 5.69 Å². The van der Waals surface area contributed by atoms with Crippen LogP contribution in [-0.2, 0) is 0 Å². The first-order chi connectivity index (χ1) is 8.76. The molecule has 0 amide bonds. The molecular weight excluding hydrogens is 290 g/mol. The molecule has 0 aromatic heterocycles. The van der Waals surface area contributed by atoms with Crippen LogP contribution in [0.2, 0.25) is 0 Å². The molecule has 4 rings (SSSR count). The first kappa shape index (κ1) is 12.0. The standard InChI is InChI=1S/C14H16BrN3/c15-12-2-1-11(8-16)13(7-12)17-14-9-18-5-3-10(14)4-6-18/h1-2,7,10,14,17H,3-6,9H2. The van der Waals surface area contributed by atoms with Crippen LogP contribution in [0.5, 0.6) is 0 Å². The Balaban J connectivity index is 1.80. The maximum Gasteiger partial charge on any atom is 0.101 e. The first-order valence-corrected chi connectivity index (χ1v) is 7.24. The third kappa shape index (κ3) is 2.25. The molecule has 94 valence electrons. The zero-order valence-corrected chi connectivity index (χ0v) is 11.8. The predicted octanol–water partition coefficient (Wildman–Crippen LogP) is 2.83. The van der Waals surface area contributed by atoms with Crippen molar-refractivity contribution in [3.05, 3.63) is 28.2 Å². The fourth-order valence-electron chi connectivity index (χ4n) is 3.06. The molecule has 2 bridgehead atoms. The SMILES string of the molecule is N#Cc1ccc(Br)cc1NC1CN2CCC1CC2. The number of anilines is 1. The molecule has 0 radical (unpaired) electrons. The van der Waals surface area contributed by atoms with Crippen LogP contribution in [-0.4, -0.2) is 30.6 Å². The molecule has 3 saturated heterocycles. The van der Waals surface area contributed by atoms with E-state index in [2.05, 4.69) is 32.2 Å². The largest absolute Gasteiger partial charge is 0.380 e. The Bertz CT molecular complexity index is 486. The molecule has 1 unspecified atom stereocenters. The van der Waals surface area contributed by atoms with Gasteiger partial charge in [0, 0.05) is 17.1 Å². The van der Waals surface area contributed by atoms with Crippen molar-refractivity contribution in [1.82, 2.24) is 4.90 Å². The first-order valence-electron chi connectivity index (χ1n) is 6.45. The van der Waals surface area contributed by atoms with E-state index in [1.807, 2.05) is 18.2 Å². The fraction of sp³-hybridized carbons (Fsp3) is 0.500. The lowest BCUT2D eigenvalue weighted by molar-refractivity contribution is 0.0975. The molecule has 3 aliphatic heterocycles. The molecule has 0 spiro atoms. The second-order valence-electron chi connectivity index (χ2n) is 5.19. The summed E-state index contributed by atoms with van der Waals surface area (Å²) >= 11 is 3.47. The fourth-order valence-corrected chi connectivity index (χ4v) is 3.42. The maximum atomic E-state index is 9.15. The Morgan fingerprint density at radius 1 is 1.33 bits per heavy atom. The van der Waals surface area contributed by atoms with E-state index >= 15 is 0 Å². The summed E-state index contributed by atoms with van der Waals surface area (Å²) in [6.07, 6.45) is 2.57. The lowest BCUT2D eigenvalue weighted by Gasteiger charge is -2.45.